The fraction of sp³-hybridized carbons (Fsp3) is 0.474. The number of aryl methyl sites for hydroxylation is 2. The standard InChI is InChI=1S/C19H25FN4O/c1-13(8-9-14-6-4-5-7-15(14)20)22-16-12-18(25)23(2)19(16)17-10-11-21-24(17)3/h4-7,10-11,13,16,19,22H,8-9,12H2,1-3H3/t13-,16-,19-/m1/s1. The van der Waals surface area contributed by atoms with Crippen molar-refractivity contribution >= 4 is 5.91 Å². The summed E-state index contributed by atoms with van der Waals surface area (Å²) in [5.41, 5.74) is 1.76. The van der Waals surface area contributed by atoms with Crippen LogP contribution in [0.1, 0.15) is 37.1 Å². The van der Waals surface area contributed by atoms with Crippen LogP contribution in [0.25, 0.3) is 0 Å². The molecule has 2 aromatic rings. The Morgan fingerprint density at radius 3 is 2.76 bits per heavy atom. The molecule has 2 heterocycles. The topological polar surface area (TPSA) is 50.2 Å². The number of aromatic nitrogens is 2. The molecule has 1 saturated heterocycles. The Balaban J connectivity index is 1.65. The molecule has 134 valence electrons. The van der Waals surface area contributed by atoms with Crippen LogP contribution in [-0.2, 0) is 18.3 Å². The van der Waals surface area contributed by atoms with Gasteiger partial charge in [-0.1, -0.05) is 18.2 Å². The van der Waals surface area contributed by atoms with E-state index in [-0.39, 0.29) is 29.8 Å². The molecular formula is C19H25FN4O. The molecule has 1 aromatic heterocycles. The fourth-order valence-electron chi connectivity index (χ4n) is 3.62. The van der Waals surface area contributed by atoms with E-state index in [9.17, 15) is 9.18 Å². The van der Waals surface area contributed by atoms with Crippen molar-refractivity contribution in [2.24, 2.45) is 7.05 Å². The molecule has 0 spiro atoms. The summed E-state index contributed by atoms with van der Waals surface area (Å²) in [6, 6.07) is 9.03. The van der Waals surface area contributed by atoms with Crippen molar-refractivity contribution in [3.63, 3.8) is 0 Å². The highest BCUT2D eigenvalue weighted by Crippen LogP contribution is 2.32. The lowest BCUT2D eigenvalue weighted by atomic mass is 10.0. The fourth-order valence-corrected chi connectivity index (χ4v) is 3.62. The molecule has 0 saturated carbocycles. The highest BCUT2D eigenvalue weighted by molar-refractivity contribution is 5.80. The van der Waals surface area contributed by atoms with Gasteiger partial charge in [0.25, 0.3) is 0 Å². The summed E-state index contributed by atoms with van der Waals surface area (Å²) in [7, 11) is 3.73. The summed E-state index contributed by atoms with van der Waals surface area (Å²) in [4.78, 5) is 14.0. The monoisotopic (exact) mass is 344 g/mol. The van der Waals surface area contributed by atoms with Crippen LogP contribution in [0.2, 0.25) is 0 Å². The van der Waals surface area contributed by atoms with Crippen molar-refractivity contribution in [3.05, 3.63) is 53.6 Å². The Morgan fingerprint density at radius 2 is 2.08 bits per heavy atom. The second-order valence-corrected chi connectivity index (χ2v) is 6.84. The third kappa shape index (κ3) is 3.74. The third-order valence-electron chi connectivity index (χ3n) is 5.05. The number of likely N-dealkylation sites (N-methyl/N-ethyl adjacent to an activating group) is 1. The van der Waals surface area contributed by atoms with Gasteiger partial charge in [0.1, 0.15) is 5.82 Å². The van der Waals surface area contributed by atoms with Crippen LogP contribution in [0.3, 0.4) is 0 Å². The van der Waals surface area contributed by atoms with Crippen molar-refractivity contribution in [1.82, 2.24) is 20.0 Å². The average Bonchev–Trinajstić information content (AvgIpc) is 3.10. The zero-order chi connectivity index (χ0) is 18.0. The molecule has 0 unspecified atom stereocenters. The zero-order valence-corrected chi connectivity index (χ0v) is 14.9. The minimum Gasteiger partial charge on any atom is -0.336 e. The predicted molar refractivity (Wildman–Crippen MR) is 94.4 cm³/mol. The summed E-state index contributed by atoms with van der Waals surface area (Å²) in [6.45, 7) is 2.09. The normalized spacial score (nSPS) is 21.8. The van der Waals surface area contributed by atoms with Crippen molar-refractivity contribution < 1.29 is 9.18 Å². The second kappa shape index (κ2) is 7.35. The third-order valence-corrected chi connectivity index (χ3v) is 5.05. The summed E-state index contributed by atoms with van der Waals surface area (Å²) >= 11 is 0. The lowest BCUT2D eigenvalue weighted by molar-refractivity contribution is -0.127. The lowest BCUT2D eigenvalue weighted by Gasteiger charge is -2.28. The molecule has 5 nitrogen and oxygen atoms in total. The van der Waals surface area contributed by atoms with Gasteiger partial charge in [-0.05, 0) is 37.5 Å². The minimum absolute atomic E-state index is 0.0310. The van der Waals surface area contributed by atoms with E-state index in [0.717, 1.165) is 17.7 Å². The molecule has 3 atom stereocenters. The molecule has 1 aliphatic heterocycles. The lowest BCUT2D eigenvalue weighted by Crippen LogP contribution is -2.41. The van der Waals surface area contributed by atoms with Gasteiger partial charge in [0, 0.05) is 38.8 Å². The molecule has 6 heteroatoms. The van der Waals surface area contributed by atoms with Crippen LogP contribution in [0.5, 0.6) is 0 Å². The summed E-state index contributed by atoms with van der Waals surface area (Å²) < 4.78 is 15.6. The van der Waals surface area contributed by atoms with Crippen LogP contribution in [0.4, 0.5) is 4.39 Å². The van der Waals surface area contributed by atoms with E-state index in [1.807, 2.05) is 37.0 Å². The van der Waals surface area contributed by atoms with Gasteiger partial charge >= 0.3 is 0 Å². The smallest absolute Gasteiger partial charge is 0.224 e. The molecule has 25 heavy (non-hydrogen) atoms. The number of amides is 1. The van der Waals surface area contributed by atoms with Crippen LogP contribution < -0.4 is 5.32 Å². The van der Waals surface area contributed by atoms with Gasteiger partial charge in [-0.25, -0.2) is 4.39 Å². The van der Waals surface area contributed by atoms with Crippen LogP contribution in [-0.4, -0.2) is 39.7 Å². The number of rotatable bonds is 6. The largest absolute Gasteiger partial charge is 0.336 e. The molecule has 3 rings (SSSR count). The summed E-state index contributed by atoms with van der Waals surface area (Å²) in [5, 5.41) is 7.80. The maximum absolute atomic E-state index is 13.8. The highest BCUT2D eigenvalue weighted by Gasteiger charge is 2.40. The number of halogens is 1. The highest BCUT2D eigenvalue weighted by atomic mass is 19.1. The maximum Gasteiger partial charge on any atom is 0.224 e. The molecule has 1 aliphatic rings. The Hall–Kier alpha value is -2.21. The number of nitrogens with zero attached hydrogens (tertiary/aromatic N) is 3. The molecule has 0 radical (unpaired) electrons. The number of hydrogen-bond acceptors (Lipinski definition) is 3. The van der Waals surface area contributed by atoms with Gasteiger partial charge < -0.3 is 10.2 Å². The van der Waals surface area contributed by atoms with Gasteiger partial charge in [-0.3, -0.25) is 9.48 Å². The van der Waals surface area contributed by atoms with Gasteiger partial charge in [-0.15, -0.1) is 0 Å². The average molecular weight is 344 g/mol. The SMILES string of the molecule is C[C@H](CCc1ccccc1F)N[C@@H]1CC(=O)N(C)[C@H]1c1ccnn1C. The number of carbonyl (C=O) groups excluding carboxylic acids is 1. The zero-order valence-electron chi connectivity index (χ0n) is 14.9. The maximum atomic E-state index is 13.8. The van der Waals surface area contributed by atoms with Crippen molar-refractivity contribution in [2.75, 3.05) is 7.05 Å². The Bertz CT molecular complexity index is 745. The van der Waals surface area contributed by atoms with E-state index in [1.165, 1.54) is 6.07 Å². The number of hydrogen-bond donors (Lipinski definition) is 1. The van der Waals surface area contributed by atoms with Crippen LogP contribution in [0, 0.1) is 5.82 Å². The molecular weight excluding hydrogens is 319 g/mol. The molecule has 1 N–H and O–H groups in total. The van der Waals surface area contributed by atoms with E-state index in [0.29, 0.717) is 12.8 Å². The van der Waals surface area contributed by atoms with Gasteiger partial charge in [0.15, 0.2) is 0 Å². The first-order valence-electron chi connectivity index (χ1n) is 8.70. The van der Waals surface area contributed by atoms with Gasteiger partial charge in [-0.2, -0.15) is 5.10 Å². The Labute approximate surface area is 147 Å². The second-order valence-electron chi connectivity index (χ2n) is 6.84. The summed E-state index contributed by atoms with van der Waals surface area (Å²) in [6.07, 6.45) is 3.71. The van der Waals surface area contributed by atoms with Gasteiger partial charge in [0.2, 0.25) is 5.91 Å². The molecule has 0 aliphatic carbocycles. The Kier molecular flexibility index (Phi) is 5.18. The summed E-state index contributed by atoms with van der Waals surface area (Å²) in [5.74, 6) is -0.0248. The quantitative estimate of drug-likeness (QED) is 0.876. The molecule has 1 aromatic carbocycles. The van der Waals surface area contributed by atoms with Crippen molar-refractivity contribution in [2.45, 2.75) is 44.3 Å². The van der Waals surface area contributed by atoms with Crippen molar-refractivity contribution in [3.8, 4) is 0 Å². The first-order chi connectivity index (χ1) is 12.0. The van der Waals surface area contributed by atoms with E-state index in [2.05, 4.69) is 17.3 Å². The molecule has 1 fully saturated rings. The van der Waals surface area contributed by atoms with E-state index < -0.39 is 0 Å². The number of carbonyl (C=O) groups is 1. The van der Waals surface area contributed by atoms with Crippen LogP contribution >= 0.6 is 0 Å². The predicted octanol–water partition coefficient (Wildman–Crippen LogP) is 2.44. The number of nitrogens with one attached hydrogen (secondary N) is 1. The Morgan fingerprint density at radius 1 is 1.32 bits per heavy atom. The molecule has 0 bridgehead atoms. The van der Waals surface area contributed by atoms with Crippen molar-refractivity contribution in [1.29, 1.82) is 0 Å². The number of likely N-dealkylation sites (tertiary alicyclic amines) is 1. The van der Waals surface area contributed by atoms with Crippen LogP contribution in [0.15, 0.2) is 36.5 Å². The minimum atomic E-state index is -0.154. The van der Waals surface area contributed by atoms with E-state index in [1.54, 1.807) is 17.2 Å². The molecule has 1 amide bonds. The van der Waals surface area contributed by atoms with Gasteiger partial charge in [0.05, 0.1) is 11.7 Å². The van der Waals surface area contributed by atoms with E-state index in [4.69, 9.17) is 0 Å². The first-order valence-corrected chi connectivity index (χ1v) is 8.70. The number of benzene rings is 1. The first kappa shape index (κ1) is 17.6. The van der Waals surface area contributed by atoms with E-state index >= 15 is 0 Å².